The van der Waals surface area contributed by atoms with Gasteiger partial charge in [-0.15, -0.1) is 0 Å². The Balaban J connectivity index is 1.97. The molecular formula is C20H31NO6. The summed E-state index contributed by atoms with van der Waals surface area (Å²) < 4.78 is 27.9. The van der Waals surface area contributed by atoms with E-state index < -0.39 is 0 Å². The van der Waals surface area contributed by atoms with Gasteiger partial charge in [-0.25, -0.2) is 0 Å². The van der Waals surface area contributed by atoms with Gasteiger partial charge in [0.15, 0.2) is 17.3 Å². The molecule has 7 nitrogen and oxygen atoms in total. The van der Waals surface area contributed by atoms with Gasteiger partial charge in [0.1, 0.15) is 13.2 Å². The molecule has 0 aromatic heterocycles. The van der Waals surface area contributed by atoms with Gasteiger partial charge >= 0.3 is 0 Å². The molecule has 1 aromatic rings. The minimum Gasteiger partial charge on any atom is -0.487 e. The Morgan fingerprint density at radius 2 is 1.37 bits per heavy atom. The highest BCUT2D eigenvalue weighted by molar-refractivity contribution is 5.96. The fourth-order valence-electron chi connectivity index (χ4n) is 2.63. The standard InChI is InChI=1S/C20H31NO6/c21-7-3-1-2-4-18(22)17-5-6-19-20(16-17)27-15-13-25-11-9-23-8-10-24-12-14-26-19/h5-6,16H,1-4,7-15,21H2. The van der Waals surface area contributed by atoms with Crippen molar-refractivity contribution in [3.05, 3.63) is 23.8 Å². The Kier molecular flexibility index (Phi) is 10.8. The number of ketones is 1. The third-order valence-electron chi connectivity index (χ3n) is 4.09. The molecule has 2 N–H and O–H groups in total. The lowest BCUT2D eigenvalue weighted by atomic mass is 10.0. The van der Waals surface area contributed by atoms with Gasteiger partial charge in [-0.2, -0.15) is 0 Å². The second-order valence-electron chi connectivity index (χ2n) is 6.22. The number of unbranched alkanes of at least 4 members (excludes halogenated alkanes) is 2. The number of nitrogens with two attached hydrogens (primary N) is 1. The number of benzene rings is 1. The first kappa shape index (κ1) is 21.6. The molecule has 0 saturated heterocycles. The van der Waals surface area contributed by atoms with E-state index in [1.54, 1.807) is 18.2 Å². The van der Waals surface area contributed by atoms with Crippen LogP contribution in [0, 0.1) is 0 Å². The van der Waals surface area contributed by atoms with Gasteiger partial charge in [0.25, 0.3) is 0 Å². The molecule has 0 aliphatic carbocycles. The minimum atomic E-state index is 0.103. The van der Waals surface area contributed by atoms with Crippen LogP contribution in [0.4, 0.5) is 0 Å². The first-order valence-corrected chi connectivity index (χ1v) is 9.67. The molecular weight excluding hydrogens is 350 g/mol. The topological polar surface area (TPSA) is 89.2 Å². The van der Waals surface area contributed by atoms with E-state index in [1.807, 2.05) is 0 Å². The number of rotatable bonds is 6. The molecule has 152 valence electrons. The summed E-state index contributed by atoms with van der Waals surface area (Å²) in [5.41, 5.74) is 6.12. The summed E-state index contributed by atoms with van der Waals surface area (Å²) in [6.07, 6.45) is 3.27. The summed E-state index contributed by atoms with van der Waals surface area (Å²) >= 11 is 0. The van der Waals surface area contributed by atoms with Crippen LogP contribution in [0.15, 0.2) is 18.2 Å². The molecule has 0 fully saturated rings. The highest BCUT2D eigenvalue weighted by atomic mass is 16.6. The summed E-state index contributed by atoms with van der Waals surface area (Å²) in [4.78, 5) is 12.4. The first-order chi connectivity index (χ1) is 13.3. The van der Waals surface area contributed by atoms with E-state index in [4.69, 9.17) is 29.4 Å². The summed E-state index contributed by atoms with van der Waals surface area (Å²) in [6.45, 7) is 4.43. The quantitative estimate of drug-likeness (QED) is 0.597. The monoisotopic (exact) mass is 381 g/mol. The van der Waals surface area contributed by atoms with Crippen LogP contribution in [0.5, 0.6) is 11.5 Å². The van der Waals surface area contributed by atoms with Crippen molar-refractivity contribution in [3.8, 4) is 11.5 Å². The van der Waals surface area contributed by atoms with E-state index in [0.717, 1.165) is 19.3 Å². The van der Waals surface area contributed by atoms with Gasteiger partial charge in [0.05, 0.1) is 39.6 Å². The Morgan fingerprint density at radius 3 is 2.00 bits per heavy atom. The zero-order chi connectivity index (χ0) is 19.2. The SMILES string of the molecule is NCCCCCC(=O)c1ccc2c(c1)OCCOCCOCCOCCO2. The summed E-state index contributed by atoms with van der Waals surface area (Å²) in [7, 11) is 0. The predicted octanol–water partition coefficient (Wildman–Crippen LogP) is 2.21. The maximum absolute atomic E-state index is 12.4. The van der Waals surface area contributed by atoms with E-state index >= 15 is 0 Å². The molecule has 0 radical (unpaired) electrons. The second kappa shape index (κ2) is 13.5. The third-order valence-corrected chi connectivity index (χ3v) is 4.09. The highest BCUT2D eigenvalue weighted by Gasteiger charge is 2.12. The number of fused-ring (bicyclic) bond motifs is 1. The average molecular weight is 381 g/mol. The van der Waals surface area contributed by atoms with Gasteiger partial charge in [0, 0.05) is 12.0 Å². The lowest BCUT2D eigenvalue weighted by molar-refractivity contribution is 0.00708. The largest absolute Gasteiger partial charge is 0.487 e. The average Bonchev–Trinajstić information content (AvgIpc) is 2.69. The molecule has 0 unspecified atom stereocenters. The van der Waals surface area contributed by atoms with Crippen molar-refractivity contribution in [3.63, 3.8) is 0 Å². The normalized spacial score (nSPS) is 16.9. The molecule has 1 aliphatic heterocycles. The van der Waals surface area contributed by atoms with Crippen molar-refractivity contribution in [2.75, 3.05) is 59.4 Å². The van der Waals surface area contributed by atoms with E-state index in [1.165, 1.54) is 0 Å². The van der Waals surface area contributed by atoms with Crippen molar-refractivity contribution in [1.82, 2.24) is 0 Å². The number of ether oxygens (including phenoxy) is 5. The molecule has 1 heterocycles. The van der Waals surface area contributed by atoms with Crippen molar-refractivity contribution < 1.29 is 28.5 Å². The van der Waals surface area contributed by atoms with Crippen molar-refractivity contribution in [2.45, 2.75) is 25.7 Å². The van der Waals surface area contributed by atoms with E-state index in [9.17, 15) is 4.79 Å². The van der Waals surface area contributed by atoms with Crippen molar-refractivity contribution in [2.24, 2.45) is 5.73 Å². The van der Waals surface area contributed by atoms with E-state index in [0.29, 0.717) is 82.9 Å². The van der Waals surface area contributed by atoms with Crippen LogP contribution in [0.2, 0.25) is 0 Å². The Bertz CT molecular complexity index is 551. The summed E-state index contributed by atoms with van der Waals surface area (Å²) in [6, 6.07) is 5.32. The molecule has 1 aromatic carbocycles. The molecule has 0 atom stereocenters. The lowest BCUT2D eigenvalue weighted by Crippen LogP contribution is -2.13. The van der Waals surface area contributed by atoms with E-state index in [-0.39, 0.29) is 5.78 Å². The smallest absolute Gasteiger partial charge is 0.163 e. The van der Waals surface area contributed by atoms with Crippen LogP contribution < -0.4 is 15.2 Å². The van der Waals surface area contributed by atoms with Crippen molar-refractivity contribution >= 4 is 5.78 Å². The Hall–Kier alpha value is -1.67. The fourth-order valence-corrected chi connectivity index (χ4v) is 2.63. The first-order valence-electron chi connectivity index (χ1n) is 9.67. The highest BCUT2D eigenvalue weighted by Crippen LogP contribution is 2.29. The number of hydrogen-bond acceptors (Lipinski definition) is 7. The maximum Gasteiger partial charge on any atom is 0.163 e. The Labute approximate surface area is 161 Å². The molecule has 0 amide bonds. The zero-order valence-electron chi connectivity index (χ0n) is 16.0. The van der Waals surface area contributed by atoms with Gasteiger partial charge in [-0.05, 0) is 37.6 Å². The molecule has 1 aliphatic rings. The van der Waals surface area contributed by atoms with Gasteiger partial charge < -0.3 is 29.4 Å². The minimum absolute atomic E-state index is 0.103. The molecule has 7 heteroatoms. The molecule has 0 bridgehead atoms. The maximum atomic E-state index is 12.4. The molecule has 2 rings (SSSR count). The van der Waals surface area contributed by atoms with Crippen LogP contribution in [0.25, 0.3) is 0 Å². The summed E-state index contributed by atoms with van der Waals surface area (Å²) in [5, 5.41) is 0. The Morgan fingerprint density at radius 1 is 0.778 bits per heavy atom. The number of carbonyl (C=O) groups is 1. The predicted molar refractivity (Wildman–Crippen MR) is 102 cm³/mol. The fraction of sp³-hybridized carbons (Fsp3) is 0.650. The number of hydrogen-bond donors (Lipinski definition) is 1. The van der Waals surface area contributed by atoms with E-state index in [2.05, 4.69) is 0 Å². The molecule has 0 saturated carbocycles. The second-order valence-corrected chi connectivity index (χ2v) is 6.22. The van der Waals surface area contributed by atoms with Crippen molar-refractivity contribution in [1.29, 1.82) is 0 Å². The lowest BCUT2D eigenvalue weighted by Gasteiger charge is -2.14. The van der Waals surface area contributed by atoms with Crippen LogP contribution in [-0.2, 0) is 14.2 Å². The summed E-state index contributed by atoms with van der Waals surface area (Å²) in [5.74, 6) is 1.26. The molecule has 27 heavy (non-hydrogen) atoms. The zero-order valence-corrected chi connectivity index (χ0v) is 16.0. The third kappa shape index (κ3) is 8.71. The van der Waals surface area contributed by atoms with Crippen LogP contribution in [0.1, 0.15) is 36.0 Å². The van der Waals surface area contributed by atoms with Crippen LogP contribution in [-0.4, -0.2) is 65.2 Å². The van der Waals surface area contributed by atoms with Gasteiger partial charge in [-0.1, -0.05) is 6.42 Å². The molecule has 0 spiro atoms. The van der Waals surface area contributed by atoms with Crippen LogP contribution in [0.3, 0.4) is 0 Å². The van der Waals surface area contributed by atoms with Gasteiger partial charge in [0.2, 0.25) is 0 Å². The number of Topliss-reactive ketones (excluding diaryl/α,β-unsaturated/α-hetero) is 1. The number of carbonyl (C=O) groups excluding carboxylic acids is 1. The van der Waals surface area contributed by atoms with Crippen LogP contribution >= 0.6 is 0 Å². The van der Waals surface area contributed by atoms with Gasteiger partial charge in [-0.3, -0.25) is 4.79 Å².